The van der Waals surface area contributed by atoms with Crippen molar-refractivity contribution in [2.75, 3.05) is 4.90 Å². The molecule has 0 spiro atoms. The number of carbonyl (C=O) groups excluding carboxylic acids is 2. The van der Waals surface area contributed by atoms with Crippen LogP contribution in [0.15, 0.2) is 82.1 Å². The Kier molecular flexibility index (Phi) is 5.69. The van der Waals surface area contributed by atoms with Gasteiger partial charge in [-0.05, 0) is 35.9 Å². The quantitative estimate of drug-likeness (QED) is 0.239. The van der Waals surface area contributed by atoms with Gasteiger partial charge in [0.2, 0.25) is 4.96 Å². The van der Waals surface area contributed by atoms with Crippen LogP contribution in [0.4, 0.5) is 5.69 Å². The van der Waals surface area contributed by atoms with Crippen molar-refractivity contribution >= 4 is 55.4 Å². The molecule has 0 atom stereocenters. The number of rotatable bonds is 4. The zero-order chi connectivity index (χ0) is 25.7. The molecule has 3 heterocycles. The van der Waals surface area contributed by atoms with Crippen LogP contribution >= 0.6 is 27.3 Å². The highest BCUT2D eigenvalue weighted by Gasteiger charge is 2.34. The number of aromatic nitrogens is 3. The fourth-order valence-corrected chi connectivity index (χ4v) is 5.70. The number of ether oxygens (including phenoxy) is 1. The molecule has 3 aromatic carbocycles. The molecule has 1 amide bonds. The van der Waals surface area contributed by atoms with E-state index in [9.17, 15) is 14.4 Å². The Morgan fingerprint density at radius 1 is 1.00 bits per heavy atom. The lowest BCUT2D eigenvalue weighted by atomic mass is 10.1. The molecule has 182 valence electrons. The second-order valence-electron chi connectivity index (χ2n) is 8.37. The number of thiazole rings is 1. The molecule has 0 saturated carbocycles. The Labute approximate surface area is 222 Å². The lowest BCUT2D eigenvalue weighted by molar-refractivity contribution is -0.131. The van der Waals surface area contributed by atoms with Crippen LogP contribution in [-0.2, 0) is 16.1 Å². The van der Waals surface area contributed by atoms with Gasteiger partial charge in [-0.3, -0.25) is 14.4 Å². The summed E-state index contributed by atoms with van der Waals surface area (Å²) in [6, 6.07) is 22.2. The number of anilines is 1. The number of halogens is 1. The van der Waals surface area contributed by atoms with Gasteiger partial charge < -0.3 is 9.64 Å². The number of hydrogen-bond acceptors (Lipinski definition) is 7. The van der Waals surface area contributed by atoms with Gasteiger partial charge in [0.25, 0.3) is 11.5 Å². The summed E-state index contributed by atoms with van der Waals surface area (Å²) in [6.07, 6.45) is 0. The van der Waals surface area contributed by atoms with E-state index in [1.54, 1.807) is 29.2 Å². The van der Waals surface area contributed by atoms with Crippen molar-refractivity contribution in [3.05, 3.63) is 103 Å². The zero-order valence-corrected chi connectivity index (χ0v) is 21.7. The number of esters is 1. The molecule has 6 rings (SSSR count). The van der Waals surface area contributed by atoms with Crippen LogP contribution in [0.5, 0.6) is 5.75 Å². The van der Waals surface area contributed by atoms with Crippen LogP contribution in [0, 0.1) is 0 Å². The molecule has 37 heavy (non-hydrogen) atoms. The summed E-state index contributed by atoms with van der Waals surface area (Å²) < 4.78 is 7.54. The highest BCUT2D eigenvalue weighted by Crippen LogP contribution is 2.38. The predicted molar refractivity (Wildman–Crippen MR) is 143 cm³/mol. The number of hydrogen-bond donors (Lipinski definition) is 0. The minimum atomic E-state index is -0.471. The average molecular weight is 573 g/mol. The topological polar surface area (TPSA) is 93.9 Å². The van der Waals surface area contributed by atoms with Crippen molar-refractivity contribution < 1.29 is 14.3 Å². The number of para-hydroxylation sites is 1. The molecule has 0 radical (unpaired) electrons. The Morgan fingerprint density at radius 3 is 2.51 bits per heavy atom. The van der Waals surface area contributed by atoms with Crippen molar-refractivity contribution in [2.45, 2.75) is 13.5 Å². The first-order valence-corrected chi connectivity index (χ1v) is 12.9. The van der Waals surface area contributed by atoms with Gasteiger partial charge in [-0.1, -0.05) is 69.7 Å². The maximum Gasteiger partial charge on any atom is 0.308 e. The second kappa shape index (κ2) is 9.06. The smallest absolute Gasteiger partial charge is 0.308 e. The Bertz CT molecular complexity index is 1830. The maximum absolute atomic E-state index is 13.7. The molecular formula is C27H17BrN4O4S. The van der Waals surface area contributed by atoms with Crippen LogP contribution in [0.25, 0.3) is 21.9 Å². The second-order valence-corrected chi connectivity index (χ2v) is 10.3. The standard InChI is InChI=1S/C27H17BrN4O4S/c1-15(33)36-21-10-6-5-9-18(21)24-29-27-32(30-24)26(35)23(37-27)22-19-13-17(28)11-12-20(19)31(25(22)34)14-16-7-3-2-4-8-16/h2-13H,14H2,1H3/b23-22-. The number of amides is 1. The van der Waals surface area contributed by atoms with Gasteiger partial charge in [0.1, 0.15) is 10.3 Å². The molecule has 5 aromatic rings. The number of carbonyl (C=O) groups is 2. The molecule has 0 aliphatic carbocycles. The summed E-state index contributed by atoms with van der Waals surface area (Å²) in [7, 11) is 0. The first-order valence-electron chi connectivity index (χ1n) is 11.3. The van der Waals surface area contributed by atoms with E-state index in [0.29, 0.717) is 34.0 Å². The van der Waals surface area contributed by atoms with Crippen molar-refractivity contribution in [3.8, 4) is 17.1 Å². The van der Waals surface area contributed by atoms with E-state index in [4.69, 9.17) is 4.74 Å². The van der Waals surface area contributed by atoms with E-state index in [1.165, 1.54) is 11.4 Å². The summed E-state index contributed by atoms with van der Waals surface area (Å²) in [5, 5.41) is 4.39. The molecule has 0 bridgehead atoms. The van der Waals surface area contributed by atoms with E-state index in [1.807, 2.05) is 48.5 Å². The van der Waals surface area contributed by atoms with Crippen molar-refractivity contribution in [3.63, 3.8) is 0 Å². The van der Waals surface area contributed by atoms with Crippen LogP contribution in [0.3, 0.4) is 0 Å². The molecule has 0 N–H and O–H groups in total. The van der Waals surface area contributed by atoms with Gasteiger partial charge in [-0.25, -0.2) is 0 Å². The molecule has 2 aromatic heterocycles. The van der Waals surface area contributed by atoms with Crippen LogP contribution < -0.4 is 19.7 Å². The van der Waals surface area contributed by atoms with E-state index < -0.39 is 11.5 Å². The third-order valence-electron chi connectivity index (χ3n) is 5.93. The Hall–Kier alpha value is -4.15. The van der Waals surface area contributed by atoms with Crippen LogP contribution in [-0.4, -0.2) is 26.5 Å². The van der Waals surface area contributed by atoms with Crippen LogP contribution in [0.2, 0.25) is 0 Å². The molecule has 1 aliphatic rings. The van der Waals surface area contributed by atoms with Gasteiger partial charge in [0, 0.05) is 17.0 Å². The molecular weight excluding hydrogens is 556 g/mol. The predicted octanol–water partition coefficient (Wildman–Crippen LogP) is 3.97. The number of fused-ring (bicyclic) bond motifs is 2. The first-order chi connectivity index (χ1) is 17.9. The minimum Gasteiger partial charge on any atom is -0.426 e. The highest BCUT2D eigenvalue weighted by atomic mass is 79.9. The summed E-state index contributed by atoms with van der Waals surface area (Å²) >= 11 is 4.60. The van der Waals surface area contributed by atoms with Gasteiger partial charge in [-0.15, -0.1) is 5.10 Å². The molecule has 0 unspecified atom stereocenters. The lowest BCUT2D eigenvalue weighted by Crippen LogP contribution is -2.32. The van der Waals surface area contributed by atoms with Crippen LogP contribution in [0.1, 0.15) is 18.1 Å². The fraction of sp³-hybridized carbons (Fsp3) is 0.0741. The van der Waals surface area contributed by atoms with E-state index >= 15 is 0 Å². The third-order valence-corrected chi connectivity index (χ3v) is 7.45. The van der Waals surface area contributed by atoms with Crippen molar-refractivity contribution in [1.29, 1.82) is 0 Å². The Balaban J connectivity index is 1.50. The summed E-state index contributed by atoms with van der Waals surface area (Å²) in [6.45, 7) is 1.69. The average Bonchev–Trinajstić information content (AvgIpc) is 3.50. The molecule has 0 saturated heterocycles. The van der Waals surface area contributed by atoms with Gasteiger partial charge in [0.05, 0.1) is 23.4 Å². The van der Waals surface area contributed by atoms with Crippen molar-refractivity contribution in [1.82, 2.24) is 14.6 Å². The molecule has 0 fully saturated rings. The Morgan fingerprint density at radius 2 is 1.76 bits per heavy atom. The number of nitrogens with zero attached hydrogens (tertiary/aromatic N) is 4. The monoisotopic (exact) mass is 572 g/mol. The largest absolute Gasteiger partial charge is 0.426 e. The summed E-state index contributed by atoms with van der Waals surface area (Å²) in [5.41, 5.74) is 2.78. The summed E-state index contributed by atoms with van der Waals surface area (Å²) in [4.78, 5) is 45.3. The maximum atomic E-state index is 13.7. The minimum absolute atomic E-state index is 0.251. The van der Waals surface area contributed by atoms with E-state index in [2.05, 4.69) is 26.0 Å². The van der Waals surface area contributed by atoms with Gasteiger partial charge in [0.15, 0.2) is 5.82 Å². The fourth-order valence-electron chi connectivity index (χ4n) is 4.34. The molecule has 1 aliphatic heterocycles. The number of benzene rings is 3. The first kappa shape index (κ1) is 23.3. The van der Waals surface area contributed by atoms with Crippen molar-refractivity contribution in [2.24, 2.45) is 0 Å². The SMILES string of the molecule is CC(=O)Oc1ccccc1-c1nc2s/c(=C3\C(=O)N(Cc4ccccc4)c4ccc(Br)cc43)c(=O)n2n1. The van der Waals surface area contributed by atoms with Gasteiger partial charge >= 0.3 is 5.97 Å². The van der Waals surface area contributed by atoms with E-state index in [0.717, 1.165) is 27.1 Å². The third kappa shape index (κ3) is 4.04. The zero-order valence-electron chi connectivity index (χ0n) is 19.3. The highest BCUT2D eigenvalue weighted by molar-refractivity contribution is 9.10. The normalized spacial score (nSPS) is 14.3. The van der Waals surface area contributed by atoms with Gasteiger partial charge in [-0.2, -0.15) is 9.50 Å². The molecule has 10 heteroatoms. The molecule has 8 nitrogen and oxygen atoms in total. The summed E-state index contributed by atoms with van der Waals surface area (Å²) in [5.74, 6) is -0.166. The lowest BCUT2D eigenvalue weighted by Gasteiger charge is -2.17. The van der Waals surface area contributed by atoms with E-state index in [-0.39, 0.29) is 16.3 Å².